The first kappa shape index (κ1) is 12.6. The van der Waals surface area contributed by atoms with Gasteiger partial charge in [0, 0.05) is 16.2 Å². The summed E-state index contributed by atoms with van der Waals surface area (Å²) in [5.74, 6) is -0.277. The van der Waals surface area contributed by atoms with Gasteiger partial charge >= 0.3 is 0 Å². The normalized spacial score (nSPS) is 13.6. The largest absolute Gasteiger partial charge is 0.308 e. The Kier molecular flexibility index (Phi) is 3.27. The van der Waals surface area contributed by atoms with Crippen molar-refractivity contribution in [3.8, 4) is 0 Å². The van der Waals surface area contributed by atoms with E-state index in [2.05, 4.69) is 15.9 Å². The van der Waals surface area contributed by atoms with E-state index in [0.29, 0.717) is 11.0 Å². The SMILES string of the molecule is O=c1ccc2c(n1Cc1ccc(F)cc1Br)CCC2. The standard InChI is InChI=1S/C15H13BrFNO/c16-13-8-12(17)6-4-11(13)9-18-14-3-1-2-10(14)5-7-15(18)19/h4-8H,1-3,9H2. The summed E-state index contributed by atoms with van der Waals surface area (Å²) in [4.78, 5) is 12.0. The lowest BCUT2D eigenvalue weighted by atomic mass is 10.2. The molecule has 1 heterocycles. The number of hydrogen-bond acceptors (Lipinski definition) is 1. The van der Waals surface area contributed by atoms with E-state index in [4.69, 9.17) is 0 Å². The van der Waals surface area contributed by atoms with E-state index < -0.39 is 0 Å². The van der Waals surface area contributed by atoms with Crippen LogP contribution in [0.2, 0.25) is 0 Å². The average molecular weight is 322 g/mol. The third kappa shape index (κ3) is 2.37. The topological polar surface area (TPSA) is 22.0 Å². The highest BCUT2D eigenvalue weighted by Crippen LogP contribution is 2.23. The fourth-order valence-electron chi connectivity index (χ4n) is 2.63. The quantitative estimate of drug-likeness (QED) is 0.832. The van der Waals surface area contributed by atoms with Gasteiger partial charge in [0.05, 0.1) is 6.54 Å². The third-order valence-electron chi connectivity index (χ3n) is 3.59. The molecule has 0 spiro atoms. The zero-order valence-corrected chi connectivity index (χ0v) is 11.9. The van der Waals surface area contributed by atoms with Crippen LogP contribution in [-0.2, 0) is 19.4 Å². The van der Waals surface area contributed by atoms with E-state index in [1.165, 1.54) is 17.7 Å². The summed E-state index contributed by atoms with van der Waals surface area (Å²) in [5.41, 5.74) is 3.32. The number of aryl methyl sites for hydroxylation is 1. The van der Waals surface area contributed by atoms with Crippen molar-refractivity contribution in [3.05, 3.63) is 67.8 Å². The van der Waals surface area contributed by atoms with Crippen LogP contribution in [0.15, 0.2) is 39.6 Å². The lowest BCUT2D eigenvalue weighted by molar-refractivity contribution is 0.624. The molecule has 0 bridgehead atoms. The highest BCUT2D eigenvalue weighted by molar-refractivity contribution is 9.10. The molecule has 0 saturated carbocycles. The molecule has 0 N–H and O–H groups in total. The van der Waals surface area contributed by atoms with Crippen LogP contribution in [-0.4, -0.2) is 4.57 Å². The monoisotopic (exact) mass is 321 g/mol. The van der Waals surface area contributed by atoms with Gasteiger partial charge in [-0.1, -0.05) is 28.1 Å². The minimum atomic E-state index is -0.277. The van der Waals surface area contributed by atoms with Crippen LogP contribution in [0, 0.1) is 5.82 Å². The maximum Gasteiger partial charge on any atom is 0.251 e. The number of fused-ring (bicyclic) bond motifs is 1. The van der Waals surface area contributed by atoms with Gasteiger partial charge in [0.2, 0.25) is 0 Å². The van der Waals surface area contributed by atoms with Crippen molar-refractivity contribution in [2.75, 3.05) is 0 Å². The second-order valence-electron chi connectivity index (χ2n) is 4.82. The molecule has 1 aliphatic carbocycles. The Hall–Kier alpha value is -1.42. The zero-order valence-electron chi connectivity index (χ0n) is 10.3. The van der Waals surface area contributed by atoms with Gasteiger partial charge in [-0.25, -0.2) is 4.39 Å². The molecule has 1 aliphatic rings. The number of halogens is 2. The Morgan fingerprint density at radius 2 is 2.05 bits per heavy atom. The predicted molar refractivity (Wildman–Crippen MR) is 75.9 cm³/mol. The number of benzene rings is 1. The maximum atomic E-state index is 13.1. The molecule has 19 heavy (non-hydrogen) atoms. The van der Waals surface area contributed by atoms with Crippen molar-refractivity contribution >= 4 is 15.9 Å². The lowest BCUT2D eigenvalue weighted by Gasteiger charge is -2.13. The van der Waals surface area contributed by atoms with Crippen LogP contribution < -0.4 is 5.56 Å². The highest BCUT2D eigenvalue weighted by Gasteiger charge is 2.16. The summed E-state index contributed by atoms with van der Waals surface area (Å²) in [6.07, 6.45) is 3.09. The second kappa shape index (κ2) is 4.93. The van der Waals surface area contributed by atoms with Crippen molar-refractivity contribution in [1.82, 2.24) is 4.57 Å². The molecule has 2 aromatic rings. The Bertz CT molecular complexity index is 693. The third-order valence-corrected chi connectivity index (χ3v) is 4.33. The molecule has 2 nitrogen and oxygen atoms in total. The summed E-state index contributed by atoms with van der Waals surface area (Å²) in [7, 11) is 0. The molecule has 98 valence electrons. The molecule has 3 rings (SSSR count). The van der Waals surface area contributed by atoms with E-state index in [-0.39, 0.29) is 11.4 Å². The molecule has 0 unspecified atom stereocenters. The van der Waals surface area contributed by atoms with Crippen LogP contribution >= 0.6 is 15.9 Å². The fourth-order valence-corrected chi connectivity index (χ4v) is 3.10. The number of nitrogens with zero attached hydrogens (tertiary/aromatic N) is 1. The maximum absolute atomic E-state index is 13.1. The van der Waals surface area contributed by atoms with Crippen LogP contribution in [0.4, 0.5) is 4.39 Å². The van der Waals surface area contributed by atoms with Gasteiger partial charge in [-0.05, 0) is 42.5 Å². The first-order valence-electron chi connectivity index (χ1n) is 6.30. The van der Waals surface area contributed by atoms with Gasteiger partial charge in [0.25, 0.3) is 5.56 Å². The molecular formula is C15H13BrFNO. The molecule has 0 saturated heterocycles. The van der Waals surface area contributed by atoms with Crippen molar-refractivity contribution in [1.29, 1.82) is 0 Å². The summed E-state index contributed by atoms with van der Waals surface area (Å²) < 4.78 is 15.6. The van der Waals surface area contributed by atoms with Crippen LogP contribution in [0.5, 0.6) is 0 Å². The Labute approximate surface area is 119 Å². The predicted octanol–water partition coefficient (Wildman–Crippen LogP) is 3.29. The summed E-state index contributed by atoms with van der Waals surface area (Å²) in [5, 5.41) is 0. The number of aromatic nitrogens is 1. The lowest BCUT2D eigenvalue weighted by Crippen LogP contribution is -2.23. The smallest absolute Gasteiger partial charge is 0.251 e. The summed E-state index contributed by atoms with van der Waals surface area (Å²) in [6.45, 7) is 0.489. The molecular weight excluding hydrogens is 309 g/mol. The van der Waals surface area contributed by atoms with Crippen molar-refractivity contribution in [2.45, 2.75) is 25.8 Å². The molecule has 0 radical (unpaired) electrons. The first-order chi connectivity index (χ1) is 9.15. The first-order valence-corrected chi connectivity index (χ1v) is 7.10. The average Bonchev–Trinajstić information content (AvgIpc) is 2.84. The molecule has 0 fully saturated rings. The second-order valence-corrected chi connectivity index (χ2v) is 5.67. The Morgan fingerprint density at radius 3 is 2.84 bits per heavy atom. The van der Waals surface area contributed by atoms with Gasteiger partial charge in [-0.2, -0.15) is 0 Å². The van der Waals surface area contributed by atoms with E-state index in [0.717, 1.165) is 30.5 Å². The molecule has 1 aromatic carbocycles. The molecule has 0 aliphatic heterocycles. The molecule has 0 amide bonds. The Morgan fingerprint density at radius 1 is 1.21 bits per heavy atom. The van der Waals surface area contributed by atoms with Crippen molar-refractivity contribution in [2.24, 2.45) is 0 Å². The number of pyridine rings is 1. The van der Waals surface area contributed by atoms with Crippen LogP contribution in [0.25, 0.3) is 0 Å². The molecule has 0 atom stereocenters. The molecule has 4 heteroatoms. The summed E-state index contributed by atoms with van der Waals surface area (Å²) >= 11 is 3.35. The summed E-state index contributed by atoms with van der Waals surface area (Å²) in [6, 6.07) is 8.14. The zero-order chi connectivity index (χ0) is 13.4. The minimum Gasteiger partial charge on any atom is -0.308 e. The van der Waals surface area contributed by atoms with Gasteiger partial charge in [0.15, 0.2) is 0 Å². The number of hydrogen-bond donors (Lipinski definition) is 0. The van der Waals surface area contributed by atoms with E-state index >= 15 is 0 Å². The van der Waals surface area contributed by atoms with E-state index in [1.54, 1.807) is 16.7 Å². The van der Waals surface area contributed by atoms with Gasteiger partial charge in [-0.3, -0.25) is 4.79 Å². The highest BCUT2D eigenvalue weighted by atomic mass is 79.9. The van der Waals surface area contributed by atoms with Crippen LogP contribution in [0.1, 0.15) is 23.2 Å². The van der Waals surface area contributed by atoms with Crippen molar-refractivity contribution < 1.29 is 4.39 Å². The van der Waals surface area contributed by atoms with Crippen molar-refractivity contribution in [3.63, 3.8) is 0 Å². The van der Waals surface area contributed by atoms with Gasteiger partial charge in [0.1, 0.15) is 5.82 Å². The van der Waals surface area contributed by atoms with E-state index in [9.17, 15) is 9.18 Å². The van der Waals surface area contributed by atoms with Gasteiger partial charge < -0.3 is 4.57 Å². The van der Waals surface area contributed by atoms with Crippen LogP contribution in [0.3, 0.4) is 0 Å². The number of rotatable bonds is 2. The fraction of sp³-hybridized carbons (Fsp3) is 0.267. The minimum absolute atomic E-state index is 0.0110. The Balaban J connectivity index is 2.04. The van der Waals surface area contributed by atoms with E-state index in [1.807, 2.05) is 6.07 Å². The molecule has 1 aromatic heterocycles. The van der Waals surface area contributed by atoms with Gasteiger partial charge in [-0.15, -0.1) is 0 Å².